The number of hydrogen-bond donors (Lipinski definition) is 1. The van der Waals surface area contributed by atoms with Crippen LogP contribution in [-0.2, 0) is 11.0 Å². The lowest BCUT2D eigenvalue weighted by Crippen LogP contribution is -2.31. The second kappa shape index (κ2) is 9.91. The molecule has 1 saturated heterocycles. The largest absolute Gasteiger partial charge is 0.356 e. The Morgan fingerprint density at radius 1 is 1.27 bits per heavy atom. The van der Waals surface area contributed by atoms with Gasteiger partial charge < -0.3 is 10.2 Å². The molecule has 4 rings (SSSR count). The summed E-state index contributed by atoms with van der Waals surface area (Å²) in [5.74, 6) is -2.24. The maximum absolute atomic E-state index is 14.0. The first-order chi connectivity index (χ1) is 15.8. The zero-order valence-electron chi connectivity index (χ0n) is 18.4. The highest BCUT2D eigenvalue weighted by Gasteiger charge is 2.33. The van der Waals surface area contributed by atoms with Gasteiger partial charge in [0.15, 0.2) is 0 Å². The van der Waals surface area contributed by atoms with E-state index in [-0.39, 0.29) is 25.3 Å². The average Bonchev–Trinajstić information content (AvgIpc) is 2.98. The fourth-order valence-electron chi connectivity index (χ4n) is 3.93. The van der Waals surface area contributed by atoms with E-state index >= 15 is 0 Å². The van der Waals surface area contributed by atoms with Gasteiger partial charge in [-0.2, -0.15) is 4.40 Å². The third-order valence-electron chi connectivity index (χ3n) is 5.66. The summed E-state index contributed by atoms with van der Waals surface area (Å²) in [6.45, 7) is 2.33. The Labute approximate surface area is 194 Å². The van der Waals surface area contributed by atoms with Crippen LogP contribution in [-0.4, -0.2) is 45.6 Å². The first-order valence-corrected chi connectivity index (χ1v) is 12.3. The van der Waals surface area contributed by atoms with E-state index in [0.29, 0.717) is 53.4 Å². The fraction of sp³-hybridized carbons (Fsp3) is 0.375. The molecule has 0 radical (unpaired) electrons. The lowest BCUT2D eigenvalue weighted by Gasteiger charge is -2.25. The van der Waals surface area contributed by atoms with Gasteiger partial charge in [-0.3, -0.25) is 4.79 Å². The lowest BCUT2D eigenvalue weighted by atomic mass is 10.1. The monoisotopic (exact) mass is 472 g/mol. The molecule has 33 heavy (non-hydrogen) atoms. The van der Waals surface area contributed by atoms with Gasteiger partial charge >= 0.3 is 0 Å². The number of halogens is 2. The fourth-order valence-corrected chi connectivity index (χ4v) is 4.45. The van der Waals surface area contributed by atoms with Crippen molar-refractivity contribution in [2.24, 2.45) is 4.40 Å². The van der Waals surface area contributed by atoms with Gasteiger partial charge in [-0.15, -0.1) is 0 Å². The van der Waals surface area contributed by atoms with Crippen LogP contribution in [0.25, 0.3) is 10.9 Å². The summed E-state index contributed by atoms with van der Waals surface area (Å²) < 4.78 is 43.8. The lowest BCUT2D eigenvalue weighted by molar-refractivity contribution is -0.0102. The topological polar surface area (TPSA) is 74.7 Å². The van der Waals surface area contributed by atoms with Crippen molar-refractivity contribution in [2.75, 3.05) is 23.7 Å². The summed E-state index contributed by atoms with van der Waals surface area (Å²) in [4.78, 5) is 19.8. The van der Waals surface area contributed by atoms with Crippen LogP contribution in [0.5, 0.6) is 0 Å². The number of alkyl halides is 2. The van der Waals surface area contributed by atoms with Crippen molar-refractivity contribution in [2.45, 2.75) is 38.5 Å². The molecule has 0 spiro atoms. The normalized spacial score (nSPS) is 20.4. The first-order valence-electron chi connectivity index (χ1n) is 11.0. The Kier molecular flexibility index (Phi) is 6.97. The molecule has 174 valence electrons. The summed E-state index contributed by atoms with van der Waals surface area (Å²) in [7, 11) is -1.30. The predicted molar refractivity (Wildman–Crippen MR) is 128 cm³/mol. The van der Waals surface area contributed by atoms with Crippen LogP contribution < -0.4 is 10.2 Å². The van der Waals surface area contributed by atoms with E-state index in [9.17, 15) is 17.8 Å². The van der Waals surface area contributed by atoms with E-state index in [2.05, 4.69) is 9.71 Å². The van der Waals surface area contributed by atoms with Crippen LogP contribution in [0.15, 0.2) is 58.7 Å². The number of hydrogen-bond acceptors (Lipinski definition) is 4. The summed E-state index contributed by atoms with van der Waals surface area (Å²) in [6, 6.07) is 9.19. The van der Waals surface area contributed by atoms with E-state index < -0.39 is 16.9 Å². The van der Waals surface area contributed by atoms with Crippen molar-refractivity contribution in [3.8, 4) is 0 Å². The standard InChI is InChI=1S/C24H26F2N4O2S/c1-2-33(32)29-19-9-5-8-18(16-19)27-23(31)20-15-17-7-3-4-10-21(17)28-22(20)30-13-6-11-24(25,26)12-14-30/h3-5,7-10,15H,2,6,11-14,16H2,1H3,(H,27,31). The third kappa shape index (κ3) is 5.71. The molecule has 1 aliphatic carbocycles. The molecule has 2 aromatic rings. The second-order valence-electron chi connectivity index (χ2n) is 8.12. The second-order valence-corrected chi connectivity index (χ2v) is 9.53. The summed E-state index contributed by atoms with van der Waals surface area (Å²) in [6.07, 6.45) is 5.52. The van der Waals surface area contributed by atoms with E-state index in [1.165, 1.54) is 0 Å². The van der Waals surface area contributed by atoms with Gasteiger partial charge in [-0.1, -0.05) is 31.2 Å². The molecule has 0 bridgehead atoms. The van der Waals surface area contributed by atoms with Crippen LogP contribution in [0.1, 0.15) is 43.0 Å². The number of rotatable bonds is 5. The molecule has 1 unspecified atom stereocenters. The molecule has 0 saturated carbocycles. The maximum atomic E-state index is 14.0. The highest BCUT2D eigenvalue weighted by Crippen LogP contribution is 2.32. The highest BCUT2D eigenvalue weighted by molar-refractivity contribution is 7.83. The number of anilines is 1. The van der Waals surface area contributed by atoms with E-state index in [1.807, 2.05) is 24.3 Å². The van der Waals surface area contributed by atoms with Gasteiger partial charge in [0.1, 0.15) is 16.8 Å². The quantitative estimate of drug-likeness (QED) is 0.692. The number of para-hydroxylation sites is 1. The molecular weight excluding hydrogens is 446 g/mol. The van der Waals surface area contributed by atoms with Crippen LogP contribution in [0.4, 0.5) is 14.6 Å². The van der Waals surface area contributed by atoms with Gasteiger partial charge in [0, 0.05) is 49.2 Å². The summed E-state index contributed by atoms with van der Waals surface area (Å²) >= 11 is 0. The maximum Gasteiger partial charge on any atom is 0.259 e. The van der Waals surface area contributed by atoms with Crippen LogP contribution in [0.2, 0.25) is 0 Å². The Morgan fingerprint density at radius 2 is 2.09 bits per heavy atom. The van der Waals surface area contributed by atoms with Crippen molar-refractivity contribution in [1.82, 2.24) is 10.3 Å². The number of pyridine rings is 1. The van der Waals surface area contributed by atoms with Gasteiger partial charge in [-0.25, -0.2) is 18.0 Å². The number of benzene rings is 1. The molecule has 2 aliphatic rings. The summed E-state index contributed by atoms with van der Waals surface area (Å²) in [5, 5.41) is 3.70. The van der Waals surface area contributed by atoms with E-state index in [4.69, 9.17) is 4.98 Å². The van der Waals surface area contributed by atoms with Crippen molar-refractivity contribution < 1.29 is 17.8 Å². The molecule has 6 nitrogen and oxygen atoms in total. The number of nitrogens with one attached hydrogen (secondary N) is 1. The van der Waals surface area contributed by atoms with E-state index in [0.717, 1.165) is 5.39 Å². The highest BCUT2D eigenvalue weighted by atomic mass is 32.2. The molecule has 2 heterocycles. The zero-order chi connectivity index (χ0) is 23.4. The Bertz CT molecular complexity index is 1180. The van der Waals surface area contributed by atoms with E-state index in [1.54, 1.807) is 36.1 Å². The Morgan fingerprint density at radius 3 is 2.91 bits per heavy atom. The van der Waals surface area contributed by atoms with Crippen molar-refractivity contribution in [1.29, 1.82) is 0 Å². The smallest absolute Gasteiger partial charge is 0.259 e. The van der Waals surface area contributed by atoms with Crippen LogP contribution in [0.3, 0.4) is 0 Å². The molecule has 1 aromatic heterocycles. The number of nitrogens with zero attached hydrogens (tertiary/aromatic N) is 3. The van der Waals surface area contributed by atoms with Gasteiger partial charge in [-0.05, 0) is 30.7 Å². The number of amides is 1. The van der Waals surface area contributed by atoms with Crippen LogP contribution in [0, 0.1) is 0 Å². The molecule has 1 amide bonds. The third-order valence-corrected chi connectivity index (χ3v) is 6.60. The minimum Gasteiger partial charge on any atom is -0.356 e. The van der Waals surface area contributed by atoms with Crippen molar-refractivity contribution in [3.63, 3.8) is 0 Å². The molecule has 1 aromatic carbocycles. The van der Waals surface area contributed by atoms with Gasteiger partial charge in [0.2, 0.25) is 5.92 Å². The number of aromatic nitrogens is 1. The van der Waals surface area contributed by atoms with Crippen molar-refractivity contribution >= 4 is 39.3 Å². The number of carbonyl (C=O) groups excluding carboxylic acids is 1. The van der Waals surface area contributed by atoms with Gasteiger partial charge in [0.05, 0.1) is 16.8 Å². The van der Waals surface area contributed by atoms with Crippen LogP contribution >= 0.6 is 0 Å². The predicted octanol–water partition coefficient (Wildman–Crippen LogP) is 4.56. The summed E-state index contributed by atoms with van der Waals surface area (Å²) in [5.41, 5.74) is 2.29. The molecule has 1 aliphatic heterocycles. The Hall–Kier alpha value is -2.94. The zero-order valence-corrected chi connectivity index (χ0v) is 19.2. The van der Waals surface area contributed by atoms with Gasteiger partial charge in [0.25, 0.3) is 5.91 Å². The first kappa shape index (κ1) is 23.2. The molecule has 1 atom stereocenters. The molecule has 9 heteroatoms. The van der Waals surface area contributed by atoms with Crippen molar-refractivity contribution in [3.05, 3.63) is 59.8 Å². The average molecular weight is 473 g/mol. The number of carbonyl (C=O) groups is 1. The molecular formula is C24H26F2N4O2S. The SMILES string of the molecule is CCS(=O)N=C1C=CC=C(NC(=O)c2cc3ccccc3nc2N2CCCC(F)(F)CC2)C1. The molecule has 1 fully saturated rings. The number of allylic oxidation sites excluding steroid dienone is 4. The minimum atomic E-state index is -2.71. The minimum absolute atomic E-state index is 0.129. The Balaban J connectivity index is 1.63. The number of fused-ring (bicyclic) bond motifs is 1. The molecule has 1 N–H and O–H groups in total.